The van der Waals surface area contributed by atoms with Crippen LogP contribution >= 0.6 is 11.3 Å². The summed E-state index contributed by atoms with van der Waals surface area (Å²) in [6.07, 6.45) is 2.57. The summed E-state index contributed by atoms with van der Waals surface area (Å²) in [4.78, 5) is 29.7. The van der Waals surface area contributed by atoms with Crippen LogP contribution in [0.15, 0.2) is 24.4 Å². The molecule has 2 rings (SSSR count). The Balaban J connectivity index is 1.47. The predicted molar refractivity (Wildman–Crippen MR) is 144 cm³/mol. The first-order chi connectivity index (χ1) is 18.0. The number of nitrogens with two attached hydrogens (primary N) is 1. The topological polar surface area (TPSA) is 146 Å². The second-order valence-corrected chi connectivity index (χ2v) is 9.29. The Bertz CT molecular complexity index is 942. The van der Waals surface area contributed by atoms with Gasteiger partial charge in [-0.2, -0.15) is 0 Å². The van der Waals surface area contributed by atoms with Gasteiger partial charge in [0.25, 0.3) is 5.91 Å². The molecule has 0 fully saturated rings. The van der Waals surface area contributed by atoms with Crippen LogP contribution in [0.5, 0.6) is 0 Å². The van der Waals surface area contributed by atoms with E-state index in [0.717, 1.165) is 22.5 Å². The molecular weight excluding hydrogens is 498 g/mol. The number of aryl methyl sites for hydroxylation is 2. The van der Waals surface area contributed by atoms with Gasteiger partial charge in [0.15, 0.2) is 5.13 Å². The van der Waals surface area contributed by atoms with Gasteiger partial charge in [0.1, 0.15) is 0 Å². The van der Waals surface area contributed by atoms with Gasteiger partial charge in [0.2, 0.25) is 5.91 Å². The normalized spacial score (nSPS) is 10.9. The number of amides is 2. The van der Waals surface area contributed by atoms with E-state index in [2.05, 4.69) is 20.9 Å². The fourth-order valence-electron chi connectivity index (χ4n) is 3.06. The maximum atomic E-state index is 12.5. The van der Waals surface area contributed by atoms with Gasteiger partial charge in [0, 0.05) is 35.5 Å². The van der Waals surface area contributed by atoms with E-state index in [4.69, 9.17) is 24.7 Å². The molecule has 2 amide bonds. The van der Waals surface area contributed by atoms with Crippen molar-refractivity contribution in [3.63, 3.8) is 0 Å². The number of carbonyl (C=O) groups excluding carboxylic acids is 2. The third-order valence-electron chi connectivity index (χ3n) is 4.94. The Morgan fingerprint density at radius 1 is 0.946 bits per heavy atom. The van der Waals surface area contributed by atoms with Crippen molar-refractivity contribution in [3.8, 4) is 0 Å². The highest BCUT2D eigenvalue weighted by atomic mass is 32.1. The van der Waals surface area contributed by atoms with Gasteiger partial charge in [-0.05, 0) is 50.6 Å². The van der Waals surface area contributed by atoms with Gasteiger partial charge in [-0.15, -0.1) is 11.3 Å². The zero-order valence-corrected chi connectivity index (χ0v) is 22.5. The van der Waals surface area contributed by atoms with Crippen molar-refractivity contribution in [2.75, 3.05) is 83.1 Å². The molecule has 1 aromatic heterocycles. The molecule has 206 valence electrons. The van der Waals surface area contributed by atoms with Gasteiger partial charge < -0.3 is 35.3 Å². The second-order valence-electron chi connectivity index (χ2n) is 8.06. The minimum Gasteiger partial charge on any atom is -0.379 e. The van der Waals surface area contributed by atoms with Crippen molar-refractivity contribution in [2.24, 2.45) is 5.73 Å². The van der Waals surface area contributed by atoms with E-state index in [-0.39, 0.29) is 18.4 Å². The fourth-order valence-corrected chi connectivity index (χ4v) is 3.72. The monoisotopic (exact) mass is 537 g/mol. The minimum atomic E-state index is -0.213. The predicted octanol–water partition coefficient (Wildman–Crippen LogP) is 1.96. The molecule has 1 heterocycles. The van der Waals surface area contributed by atoms with Crippen LogP contribution in [0, 0.1) is 13.8 Å². The lowest BCUT2D eigenvalue weighted by molar-refractivity contribution is -0.119. The van der Waals surface area contributed by atoms with Crippen LogP contribution in [-0.2, 0) is 23.7 Å². The van der Waals surface area contributed by atoms with E-state index in [1.807, 2.05) is 19.9 Å². The molecule has 0 aliphatic carbocycles. The molecule has 12 heteroatoms. The van der Waals surface area contributed by atoms with E-state index in [1.165, 1.54) is 11.3 Å². The summed E-state index contributed by atoms with van der Waals surface area (Å²) in [5, 5.41) is 9.23. The molecule has 0 radical (unpaired) electrons. The zero-order valence-electron chi connectivity index (χ0n) is 21.7. The lowest BCUT2D eigenvalue weighted by Crippen LogP contribution is -2.32. The lowest BCUT2D eigenvalue weighted by Gasteiger charge is -2.11. The number of nitrogens with one attached hydrogen (secondary N) is 3. The molecule has 5 N–H and O–H groups in total. The van der Waals surface area contributed by atoms with Crippen LogP contribution in [-0.4, -0.2) is 89.3 Å². The van der Waals surface area contributed by atoms with Gasteiger partial charge in [-0.25, -0.2) is 4.98 Å². The molecule has 0 aliphatic rings. The first-order valence-corrected chi connectivity index (χ1v) is 13.2. The Morgan fingerprint density at radius 2 is 1.59 bits per heavy atom. The Morgan fingerprint density at radius 3 is 2.19 bits per heavy atom. The van der Waals surface area contributed by atoms with E-state index in [1.54, 1.807) is 18.3 Å². The van der Waals surface area contributed by atoms with Crippen LogP contribution in [0.25, 0.3) is 0 Å². The van der Waals surface area contributed by atoms with Crippen LogP contribution in [0.2, 0.25) is 0 Å². The average Bonchev–Trinajstić information content (AvgIpc) is 3.29. The van der Waals surface area contributed by atoms with Crippen LogP contribution in [0.3, 0.4) is 0 Å². The third-order valence-corrected chi connectivity index (χ3v) is 5.77. The highest BCUT2D eigenvalue weighted by Crippen LogP contribution is 2.20. The van der Waals surface area contributed by atoms with Crippen molar-refractivity contribution in [3.05, 3.63) is 40.4 Å². The lowest BCUT2D eigenvalue weighted by atomic mass is 10.1. The van der Waals surface area contributed by atoms with Crippen molar-refractivity contribution < 1.29 is 28.5 Å². The maximum absolute atomic E-state index is 12.5. The van der Waals surface area contributed by atoms with E-state index < -0.39 is 0 Å². The molecule has 37 heavy (non-hydrogen) atoms. The number of thiazole rings is 1. The number of hydrogen-bond acceptors (Lipinski definition) is 10. The molecule has 0 saturated heterocycles. The summed E-state index contributed by atoms with van der Waals surface area (Å²) >= 11 is 1.42. The van der Waals surface area contributed by atoms with Crippen LogP contribution in [0.1, 0.15) is 27.2 Å². The van der Waals surface area contributed by atoms with Crippen molar-refractivity contribution in [1.82, 2.24) is 10.3 Å². The highest BCUT2D eigenvalue weighted by Gasteiger charge is 2.12. The molecule has 0 bridgehead atoms. The molecule has 0 saturated carbocycles. The zero-order chi connectivity index (χ0) is 26.7. The number of ether oxygens (including phenoxy) is 4. The third kappa shape index (κ3) is 13.5. The van der Waals surface area contributed by atoms with Crippen molar-refractivity contribution in [2.45, 2.75) is 20.3 Å². The summed E-state index contributed by atoms with van der Waals surface area (Å²) in [7, 11) is 0. The van der Waals surface area contributed by atoms with Crippen molar-refractivity contribution in [1.29, 1.82) is 0 Å². The summed E-state index contributed by atoms with van der Waals surface area (Å²) in [6.45, 7) is 8.99. The summed E-state index contributed by atoms with van der Waals surface area (Å²) in [5.74, 6) is -0.364. The number of carbonyl (C=O) groups is 2. The Labute approximate surface area is 222 Å². The quantitative estimate of drug-likeness (QED) is 0.186. The Hall–Kier alpha value is -2.61. The largest absolute Gasteiger partial charge is 0.379 e. The number of anilines is 2. The number of rotatable bonds is 20. The summed E-state index contributed by atoms with van der Waals surface area (Å²) in [6, 6.07) is 5.33. The number of aromatic nitrogens is 1. The highest BCUT2D eigenvalue weighted by molar-refractivity contribution is 7.15. The fraction of sp³-hybridized carbons (Fsp3) is 0.560. The van der Waals surface area contributed by atoms with Gasteiger partial charge >= 0.3 is 0 Å². The first-order valence-electron chi connectivity index (χ1n) is 12.4. The number of benzene rings is 1. The molecule has 0 aliphatic heterocycles. The summed E-state index contributed by atoms with van der Waals surface area (Å²) in [5.41, 5.74) is 7.49. The average molecular weight is 538 g/mol. The number of nitrogens with zero attached hydrogens (tertiary/aromatic N) is 1. The number of hydrogen-bond donors (Lipinski definition) is 4. The molecule has 1 aromatic carbocycles. The standard InChI is InChI=1S/C25H39N5O6S/c1-19-16-21(4-5-22(19)24(32)30-25-29-17-20(2)37-25)28-18-23(31)27-7-9-34-11-13-36-15-14-35-12-10-33-8-3-6-26/h4-5,16-17,28H,3,6-15,18,26H2,1-2H3,(H,27,31)(H,29,30,32). The second kappa shape index (κ2) is 18.6. The van der Waals surface area contributed by atoms with Gasteiger partial charge in [-0.3, -0.25) is 14.9 Å². The molecular formula is C25H39N5O6S. The van der Waals surface area contributed by atoms with E-state index in [0.29, 0.717) is 76.6 Å². The minimum absolute atomic E-state index is 0.116. The van der Waals surface area contributed by atoms with Crippen molar-refractivity contribution >= 4 is 34.0 Å². The van der Waals surface area contributed by atoms with E-state index in [9.17, 15) is 9.59 Å². The SMILES string of the molecule is Cc1cnc(NC(=O)c2ccc(NCC(=O)NCCOCCOCCOCCOCCCN)cc2C)s1. The van der Waals surface area contributed by atoms with Crippen LogP contribution < -0.4 is 21.7 Å². The van der Waals surface area contributed by atoms with E-state index >= 15 is 0 Å². The first kappa shape index (κ1) is 30.6. The summed E-state index contributed by atoms with van der Waals surface area (Å²) < 4.78 is 21.6. The van der Waals surface area contributed by atoms with Gasteiger partial charge in [-0.1, -0.05) is 0 Å². The molecule has 0 spiro atoms. The molecule has 0 atom stereocenters. The molecule has 2 aromatic rings. The van der Waals surface area contributed by atoms with Crippen LogP contribution in [0.4, 0.5) is 10.8 Å². The smallest absolute Gasteiger partial charge is 0.257 e. The molecule has 11 nitrogen and oxygen atoms in total. The van der Waals surface area contributed by atoms with Gasteiger partial charge in [0.05, 0.1) is 52.8 Å². The maximum Gasteiger partial charge on any atom is 0.257 e. The Kier molecular flexibility index (Phi) is 15.4. The molecule has 0 unspecified atom stereocenters.